The zero-order valence-corrected chi connectivity index (χ0v) is 14.8. The second kappa shape index (κ2) is 8.39. The van der Waals surface area contributed by atoms with Gasteiger partial charge in [0.15, 0.2) is 0 Å². The highest BCUT2D eigenvalue weighted by molar-refractivity contribution is 5.94. The van der Waals surface area contributed by atoms with Crippen LogP contribution in [0.1, 0.15) is 34.0 Å². The summed E-state index contributed by atoms with van der Waals surface area (Å²) in [7, 11) is 0. The second-order valence-electron chi connectivity index (χ2n) is 5.84. The molecule has 0 bridgehead atoms. The maximum Gasteiger partial charge on any atom is 0.251 e. The number of ether oxygens (including phenoxy) is 2. The molecule has 0 unspecified atom stereocenters. The largest absolute Gasteiger partial charge is 0.494 e. The smallest absolute Gasteiger partial charge is 0.251 e. The van der Waals surface area contributed by atoms with Gasteiger partial charge in [0.1, 0.15) is 18.1 Å². The summed E-state index contributed by atoms with van der Waals surface area (Å²) in [6.07, 6.45) is 0. The van der Waals surface area contributed by atoms with Gasteiger partial charge in [-0.1, -0.05) is 6.07 Å². The van der Waals surface area contributed by atoms with E-state index in [-0.39, 0.29) is 5.91 Å². The summed E-state index contributed by atoms with van der Waals surface area (Å²) in [4.78, 5) is 12.2. The molecule has 0 aliphatic heterocycles. The average Bonchev–Trinajstić information content (AvgIpc) is 2.52. The van der Waals surface area contributed by atoms with Crippen LogP contribution >= 0.6 is 0 Å². The Labute approximate surface area is 143 Å². The van der Waals surface area contributed by atoms with Gasteiger partial charge >= 0.3 is 0 Å². The third-order valence-corrected chi connectivity index (χ3v) is 3.59. The van der Waals surface area contributed by atoms with Crippen LogP contribution in [-0.2, 0) is 0 Å². The van der Waals surface area contributed by atoms with Gasteiger partial charge in [-0.15, -0.1) is 0 Å². The van der Waals surface area contributed by atoms with Crippen molar-refractivity contribution in [3.05, 3.63) is 58.7 Å². The lowest BCUT2D eigenvalue weighted by Crippen LogP contribution is -2.28. The molecule has 2 aromatic carbocycles. The Morgan fingerprint density at radius 2 is 1.71 bits per heavy atom. The predicted molar refractivity (Wildman–Crippen MR) is 96.1 cm³/mol. The molecule has 0 atom stereocenters. The van der Waals surface area contributed by atoms with E-state index in [1.54, 1.807) is 6.07 Å². The first-order chi connectivity index (χ1) is 11.5. The normalized spacial score (nSPS) is 10.3. The van der Waals surface area contributed by atoms with Crippen molar-refractivity contribution in [3.63, 3.8) is 0 Å². The number of hydrogen-bond donors (Lipinski definition) is 1. The lowest BCUT2D eigenvalue weighted by molar-refractivity contribution is 0.0947. The van der Waals surface area contributed by atoms with Crippen LogP contribution < -0.4 is 14.8 Å². The van der Waals surface area contributed by atoms with Crippen LogP contribution in [-0.4, -0.2) is 25.7 Å². The summed E-state index contributed by atoms with van der Waals surface area (Å²) >= 11 is 0. The van der Waals surface area contributed by atoms with Crippen LogP contribution in [0.15, 0.2) is 36.4 Å². The number of nitrogens with one attached hydrogen (secondary N) is 1. The van der Waals surface area contributed by atoms with E-state index < -0.39 is 0 Å². The van der Waals surface area contributed by atoms with Crippen molar-refractivity contribution in [3.8, 4) is 11.5 Å². The Kier molecular flexibility index (Phi) is 6.24. The fourth-order valence-electron chi connectivity index (χ4n) is 2.56. The average molecular weight is 327 g/mol. The van der Waals surface area contributed by atoms with Crippen molar-refractivity contribution in [1.29, 1.82) is 0 Å². The Morgan fingerprint density at radius 3 is 2.33 bits per heavy atom. The standard InChI is InChI=1S/C20H25NO3/c1-5-23-19-7-6-17(13-16(19)4)20(22)21-8-9-24-18-11-14(2)10-15(3)12-18/h6-7,10-13H,5,8-9H2,1-4H3,(H,21,22). The first-order valence-corrected chi connectivity index (χ1v) is 8.22. The van der Waals surface area contributed by atoms with Gasteiger partial charge in [0.05, 0.1) is 13.2 Å². The van der Waals surface area contributed by atoms with Crippen LogP contribution in [0.3, 0.4) is 0 Å². The molecule has 0 radical (unpaired) electrons. The molecule has 1 N–H and O–H groups in total. The number of hydrogen-bond acceptors (Lipinski definition) is 3. The van der Waals surface area contributed by atoms with Gasteiger partial charge in [0, 0.05) is 5.56 Å². The van der Waals surface area contributed by atoms with Crippen molar-refractivity contribution in [2.24, 2.45) is 0 Å². The minimum atomic E-state index is -0.106. The zero-order chi connectivity index (χ0) is 17.5. The van der Waals surface area contributed by atoms with Crippen molar-refractivity contribution < 1.29 is 14.3 Å². The van der Waals surface area contributed by atoms with Gasteiger partial charge in [-0.2, -0.15) is 0 Å². The number of benzene rings is 2. The summed E-state index contributed by atoms with van der Waals surface area (Å²) in [5.41, 5.74) is 3.91. The van der Waals surface area contributed by atoms with Crippen LogP contribution in [0, 0.1) is 20.8 Å². The molecule has 0 saturated heterocycles. The van der Waals surface area contributed by atoms with Crippen molar-refractivity contribution in [2.75, 3.05) is 19.8 Å². The molecule has 2 rings (SSSR count). The monoisotopic (exact) mass is 327 g/mol. The summed E-state index contributed by atoms with van der Waals surface area (Å²) < 4.78 is 11.2. The molecule has 4 nitrogen and oxygen atoms in total. The van der Waals surface area contributed by atoms with Gasteiger partial charge in [-0.05, 0) is 74.7 Å². The zero-order valence-electron chi connectivity index (χ0n) is 14.8. The molecule has 128 valence electrons. The first kappa shape index (κ1) is 17.9. The molecule has 0 aliphatic carbocycles. The fraction of sp³-hybridized carbons (Fsp3) is 0.350. The topological polar surface area (TPSA) is 47.6 Å². The highest BCUT2D eigenvalue weighted by atomic mass is 16.5. The molecular weight excluding hydrogens is 302 g/mol. The molecule has 1 amide bonds. The van der Waals surface area contributed by atoms with Gasteiger partial charge in [0.25, 0.3) is 5.91 Å². The molecule has 24 heavy (non-hydrogen) atoms. The highest BCUT2D eigenvalue weighted by Crippen LogP contribution is 2.19. The van der Waals surface area contributed by atoms with E-state index in [9.17, 15) is 4.79 Å². The number of aryl methyl sites for hydroxylation is 3. The maximum absolute atomic E-state index is 12.2. The quantitative estimate of drug-likeness (QED) is 0.787. The van der Waals surface area contributed by atoms with Crippen molar-refractivity contribution in [1.82, 2.24) is 5.32 Å². The lowest BCUT2D eigenvalue weighted by atomic mass is 10.1. The molecule has 0 spiro atoms. The SMILES string of the molecule is CCOc1ccc(C(=O)NCCOc2cc(C)cc(C)c2)cc1C. The van der Waals surface area contributed by atoms with Crippen molar-refractivity contribution >= 4 is 5.91 Å². The number of rotatable bonds is 7. The third-order valence-electron chi connectivity index (χ3n) is 3.59. The Morgan fingerprint density at radius 1 is 1.00 bits per heavy atom. The predicted octanol–water partition coefficient (Wildman–Crippen LogP) is 3.82. The number of carbonyl (C=O) groups excluding carboxylic acids is 1. The van der Waals surface area contributed by atoms with Gasteiger partial charge in [-0.3, -0.25) is 4.79 Å². The van der Waals surface area contributed by atoms with Crippen LogP contribution in [0.4, 0.5) is 0 Å². The molecule has 2 aromatic rings. The number of carbonyl (C=O) groups is 1. The summed E-state index contributed by atoms with van der Waals surface area (Å²) in [6, 6.07) is 11.5. The number of amides is 1. The molecule has 4 heteroatoms. The van der Waals surface area contributed by atoms with Crippen LogP contribution in [0.2, 0.25) is 0 Å². The van der Waals surface area contributed by atoms with E-state index in [2.05, 4.69) is 11.4 Å². The Balaban J connectivity index is 1.83. The van der Waals surface area contributed by atoms with Gasteiger partial charge < -0.3 is 14.8 Å². The molecule has 0 saturated carbocycles. The van der Waals surface area contributed by atoms with Crippen LogP contribution in [0.25, 0.3) is 0 Å². The maximum atomic E-state index is 12.2. The van der Waals surface area contributed by atoms with E-state index in [0.717, 1.165) is 17.1 Å². The second-order valence-corrected chi connectivity index (χ2v) is 5.84. The summed E-state index contributed by atoms with van der Waals surface area (Å²) in [6.45, 7) is 9.46. The lowest BCUT2D eigenvalue weighted by Gasteiger charge is -2.11. The van der Waals surface area contributed by atoms with Gasteiger partial charge in [-0.25, -0.2) is 0 Å². The summed E-state index contributed by atoms with van der Waals surface area (Å²) in [5.74, 6) is 1.54. The molecule has 0 aliphatic rings. The molecule has 0 fully saturated rings. The van der Waals surface area contributed by atoms with E-state index in [1.807, 2.05) is 52.0 Å². The van der Waals surface area contributed by atoms with Crippen molar-refractivity contribution in [2.45, 2.75) is 27.7 Å². The van der Waals surface area contributed by atoms with Gasteiger partial charge in [0.2, 0.25) is 0 Å². The molecular formula is C20H25NO3. The van der Waals surface area contributed by atoms with E-state index in [0.29, 0.717) is 25.3 Å². The molecule has 0 heterocycles. The van der Waals surface area contributed by atoms with E-state index in [4.69, 9.17) is 9.47 Å². The fourth-order valence-corrected chi connectivity index (χ4v) is 2.56. The summed E-state index contributed by atoms with van der Waals surface area (Å²) in [5, 5.41) is 2.87. The Hall–Kier alpha value is -2.49. The Bertz CT molecular complexity index is 690. The highest BCUT2D eigenvalue weighted by Gasteiger charge is 2.08. The van der Waals surface area contributed by atoms with E-state index >= 15 is 0 Å². The van der Waals surface area contributed by atoms with Crippen LogP contribution in [0.5, 0.6) is 11.5 Å². The third kappa shape index (κ3) is 5.01. The molecule has 0 aromatic heterocycles. The minimum Gasteiger partial charge on any atom is -0.494 e. The van der Waals surface area contributed by atoms with E-state index in [1.165, 1.54) is 11.1 Å². The first-order valence-electron chi connectivity index (χ1n) is 8.22. The minimum absolute atomic E-state index is 0.106.